The summed E-state index contributed by atoms with van der Waals surface area (Å²) in [5.41, 5.74) is 5.21. The number of nitrogens with zero attached hydrogens (tertiary/aromatic N) is 4. The Balaban J connectivity index is 1.61. The zero-order chi connectivity index (χ0) is 17.8. The largest absolute Gasteiger partial charge is 0.374 e. The summed E-state index contributed by atoms with van der Waals surface area (Å²) in [5, 5.41) is 6.68. The standard InChI is InChI=1S/C19H27N5S/c1-14-22-17(13-25-14)12-24(4)19(20-2)21-11-15-7-8-18-16(10-15)6-5-9-23(18)3/h7-8,10,13H,5-6,9,11-12H2,1-4H3,(H,20,21). The van der Waals surface area contributed by atoms with Gasteiger partial charge in [-0.25, -0.2) is 4.98 Å². The molecule has 2 aromatic rings. The summed E-state index contributed by atoms with van der Waals surface area (Å²) in [7, 11) is 6.05. The maximum absolute atomic E-state index is 4.53. The second kappa shape index (κ2) is 7.87. The summed E-state index contributed by atoms with van der Waals surface area (Å²) in [5.74, 6) is 0.889. The Kier molecular flexibility index (Phi) is 5.58. The van der Waals surface area contributed by atoms with Crippen LogP contribution in [0.5, 0.6) is 0 Å². The molecule has 5 nitrogen and oxygen atoms in total. The third kappa shape index (κ3) is 4.31. The van der Waals surface area contributed by atoms with Crippen LogP contribution in [0.3, 0.4) is 0 Å². The van der Waals surface area contributed by atoms with E-state index in [4.69, 9.17) is 0 Å². The van der Waals surface area contributed by atoms with E-state index in [1.165, 1.54) is 29.7 Å². The Hall–Kier alpha value is -2.08. The summed E-state index contributed by atoms with van der Waals surface area (Å²) in [6.07, 6.45) is 2.41. The van der Waals surface area contributed by atoms with Crippen LogP contribution in [0.1, 0.15) is 28.2 Å². The minimum atomic E-state index is 0.763. The molecule has 1 aliphatic rings. The molecule has 1 aliphatic heterocycles. The molecular weight excluding hydrogens is 330 g/mol. The van der Waals surface area contributed by atoms with Gasteiger partial charge in [-0.2, -0.15) is 0 Å². The zero-order valence-electron chi connectivity index (χ0n) is 15.5. The smallest absolute Gasteiger partial charge is 0.194 e. The Labute approximate surface area is 154 Å². The fraction of sp³-hybridized carbons (Fsp3) is 0.474. The number of aliphatic imine (C=N–C) groups is 1. The molecule has 0 saturated carbocycles. The van der Waals surface area contributed by atoms with Crippen molar-refractivity contribution in [2.75, 3.05) is 32.6 Å². The second-order valence-corrected chi connectivity index (χ2v) is 7.67. The van der Waals surface area contributed by atoms with Crippen molar-refractivity contribution in [3.05, 3.63) is 45.4 Å². The monoisotopic (exact) mass is 357 g/mol. The molecule has 1 aromatic heterocycles. The molecule has 134 valence electrons. The van der Waals surface area contributed by atoms with Crippen molar-refractivity contribution >= 4 is 23.0 Å². The Morgan fingerprint density at radius 3 is 3.00 bits per heavy atom. The molecule has 0 radical (unpaired) electrons. The summed E-state index contributed by atoms with van der Waals surface area (Å²) in [6.45, 7) is 4.73. The van der Waals surface area contributed by atoms with Crippen LogP contribution < -0.4 is 10.2 Å². The van der Waals surface area contributed by atoms with E-state index in [0.29, 0.717) is 0 Å². The number of guanidine groups is 1. The van der Waals surface area contributed by atoms with Crippen LogP contribution in [-0.4, -0.2) is 43.5 Å². The number of aryl methyl sites for hydroxylation is 2. The van der Waals surface area contributed by atoms with E-state index in [-0.39, 0.29) is 0 Å². The predicted octanol–water partition coefficient (Wildman–Crippen LogP) is 3.04. The van der Waals surface area contributed by atoms with Gasteiger partial charge in [0.15, 0.2) is 5.96 Å². The first-order valence-electron chi connectivity index (χ1n) is 8.72. The van der Waals surface area contributed by atoms with Crippen molar-refractivity contribution < 1.29 is 0 Å². The molecule has 1 N–H and O–H groups in total. The molecule has 0 saturated heterocycles. The fourth-order valence-electron chi connectivity index (χ4n) is 3.31. The lowest BCUT2D eigenvalue weighted by molar-refractivity contribution is 0.470. The van der Waals surface area contributed by atoms with Gasteiger partial charge in [-0.15, -0.1) is 11.3 Å². The van der Waals surface area contributed by atoms with Gasteiger partial charge in [0, 0.05) is 45.3 Å². The van der Waals surface area contributed by atoms with E-state index in [1.807, 2.05) is 21.0 Å². The fourth-order valence-corrected chi connectivity index (χ4v) is 3.92. The van der Waals surface area contributed by atoms with Gasteiger partial charge in [-0.1, -0.05) is 12.1 Å². The summed E-state index contributed by atoms with van der Waals surface area (Å²) >= 11 is 1.69. The molecule has 1 aromatic carbocycles. The molecule has 0 bridgehead atoms. The van der Waals surface area contributed by atoms with Gasteiger partial charge in [0.2, 0.25) is 0 Å². The minimum absolute atomic E-state index is 0.763. The summed E-state index contributed by atoms with van der Waals surface area (Å²) in [4.78, 5) is 13.4. The van der Waals surface area contributed by atoms with Crippen LogP contribution in [0.25, 0.3) is 0 Å². The van der Waals surface area contributed by atoms with Gasteiger partial charge >= 0.3 is 0 Å². The van der Waals surface area contributed by atoms with Gasteiger partial charge in [-0.3, -0.25) is 4.99 Å². The SMILES string of the molecule is CN=C(NCc1ccc2c(c1)CCCN2C)N(C)Cc1csc(C)n1. The van der Waals surface area contributed by atoms with Crippen molar-refractivity contribution in [1.29, 1.82) is 0 Å². The van der Waals surface area contributed by atoms with E-state index in [2.05, 4.69) is 55.7 Å². The Bertz CT molecular complexity index is 752. The van der Waals surface area contributed by atoms with Gasteiger partial charge in [0.25, 0.3) is 0 Å². The highest BCUT2D eigenvalue weighted by atomic mass is 32.1. The zero-order valence-corrected chi connectivity index (χ0v) is 16.4. The number of nitrogens with one attached hydrogen (secondary N) is 1. The molecule has 0 fully saturated rings. The molecule has 6 heteroatoms. The normalized spacial score (nSPS) is 14.4. The molecule has 0 atom stereocenters. The average Bonchev–Trinajstić information content (AvgIpc) is 3.00. The first kappa shape index (κ1) is 17.7. The van der Waals surface area contributed by atoms with Crippen LogP contribution >= 0.6 is 11.3 Å². The third-order valence-corrected chi connectivity index (χ3v) is 5.41. The van der Waals surface area contributed by atoms with E-state index >= 15 is 0 Å². The lowest BCUT2D eigenvalue weighted by Crippen LogP contribution is -2.38. The number of aromatic nitrogens is 1. The lowest BCUT2D eigenvalue weighted by atomic mass is 9.99. The number of fused-ring (bicyclic) bond motifs is 1. The quantitative estimate of drug-likeness (QED) is 0.675. The molecule has 0 spiro atoms. The van der Waals surface area contributed by atoms with E-state index in [9.17, 15) is 0 Å². The van der Waals surface area contributed by atoms with E-state index in [1.54, 1.807) is 11.3 Å². The number of thiazole rings is 1. The summed E-state index contributed by atoms with van der Waals surface area (Å²) in [6, 6.07) is 6.79. The van der Waals surface area contributed by atoms with Gasteiger partial charge in [0.1, 0.15) is 0 Å². The van der Waals surface area contributed by atoms with Crippen LogP contribution in [0.15, 0.2) is 28.6 Å². The number of rotatable bonds is 4. The molecule has 0 aliphatic carbocycles. The number of anilines is 1. The van der Waals surface area contributed by atoms with E-state index in [0.717, 1.165) is 36.3 Å². The predicted molar refractivity (Wildman–Crippen MR) is 107 cm³/mol. The average molecular weight is 358 g/mol. The van der Waals surface area contributed by atoms with Crippen LogP contribution in [0, 0.1) is 6.92 Å². The third-order valence-electron chi connectivity index (χ3n) is 4.58. The van der Waals surface area contributed by atoms with Crippen LogP contribution in [0.4, 0.5) is 5.69 Å². The molecule has 2 heterocycles. The molecule has 0 unspecified atom stereocenters. The van der Waals surface area contributed by atoms with Crippen LogP contribution in [0.2, 0.25) is 0 Å². The molecule has 0 amide bonds. The van der Waals surface area contributed by atoms with Crippen LogP contribution in [-0.2, 0) is 19.5 Å². The maximum Gasteiger partial charge on any atom is 0.194 e. The van der Waals surface area contributed by atoms with Crippen molar-refractivity contribution in [3.8, 4) is 0 Å². The molecule has 3 rings (SSSR count). The molecular formula is C19H27N5S. The van der Waals surface area contributed by atoms with E-state index < -0.39 is 0 Å². The van der Waals surface area contributed by atoms with Gasteiger partial charge < -0.3 is 15.1 Å². The summed E-state index contributed by atoms with van der Waals surface area (Å²) < 4.78 is 0. The number of benzene rings is 1. The lowest BCUT2D eigenvalue weighted by Gasteiger charge is -2.28. The minimum Gasteiger partial charge on any atom is -0.374 e. The first-order valence-corrected chi connectivity index (χ1v) is 9.60. The van der Waals surface area contributed by atoms with Gasteiger partial charge in [-0.05, 0) is 37.0 Å². The molecule has 25 heavy (non-hydrogen) atoms. The highest BCUT2D eigenvalue weighted by Gasteiger charge is 2.14. The van der Waals surface area contributed by atoms with Crippen molar-refractivity contribution in [3.63, 3.8) is 0 Å². The van der Waals surface area contributed by atoms with Gasteiger partial charge in [0.05, 0.1) is 17.2 Å². The topological polar surface area (TPSA) is 43.8 Å². The highest BCUT2D eigenvalue weighted by Crippen LogP contribution is 2.26. The first-order chi connectivity index (χ1) is 12.1. The maximum atomic E-state index is 4.53. The highest BCUT2D eigenvalue weighted by molar-refractivity contribution is 7.09. The number of hydrogen-bond donors (Lipinski definition) is 1. The van der Waals surface area contributed by atoms with Crippen molar-refractivity contribution in [1.82, 2.24) is 15.2 Å². The second-order valence-electron chi connectivity index (χ2n) is 6.60. The van der Waals surface area contributed by atoms with Crippen molar-refractivity contribution in [2.45, 2.75) is 32.9 Å². The van der Waals surface area contributed by atoms with Crippen molar-refractivity contribution in [2.24, 2.45) is 4.99 Å². The Morgan fingerprint density at radius 1 is 1.44 bits per heavy atom. The Morgan fingerprint density at radius 2 is 2.28 bits per heavy atom. The number of hydrogen-bond acceptors (Lipinski definition) is 4.